The summed E-state index contributed by atoms with van der Waals surface area (Å²) in [6.07, 6.45) is 1.54. The lowest BCUT2D eigenvalue weighted by molar-refractivity contribution is -0.0764. The summed E-state index contributed by atoms with van der Waals surface area (Å²) >= 11 is 6.10. The van der Waals surface area contributed by atoms with E-state index < -0.39 is 0 Å². The molecule has 0 atom stereocenters. The monoisotopic (exact) mass is 268 g/mol. The first-order chi connectivity index (χ1) is 8.39. The molecule has 0 radical (unpaired) electrons. The second-order valence-electron chi connectivity index (χ2n) is 5.14. The van der Waals surface area contributed by atoms with Crippen LogP contribution in [-0.2, 0) is 4.74 Å². The Hall–Kier alpha value is -1.13. The molecule has 0 aromatic carbocycles. The smallest absolute Gasteiger partial charge is 0.257 e. The van der Waals surface area contributed by atoms with E-state index in [1.54, 1.807) is 17.2 Å². The Morgan fingerprint density at radius 2 is 2.28 bits per heavy atom. The first-order valence-electron chi connectivity index (χ1n) is 5.94. The largest absolute Gasteiger partial charge is 0.372 e. The third-order valence-corrected chi connectivity index (χ3v) is 3.25. The van der Waals surface area contributed by atoms with Gasteiger partial charge in [-0.2, -0.15) is 0 Å². The Balaban J connectivity index is 2.20. The zero-order chi connectivity index (χ0) is 13.3. The van der Waals surface area contributed by atoms with Crippen LogP contribution in [0.15, 0.2) is 12.3 Å². The average Bonchev–Trinajstić information content (AvgIpc) is 2.27. The van der Waals surface area contributed by atoms with Crippen molar-refractivity contribution in [2.24, 2.45) is 0 Å². The quantitative estimate of drug-likeness (QED) is 0.785. The number of hydrogen-bond acceptors (Lipinski definition) is 3. The highest BCUT2D eigenvalue weighted by molar-refractivity contribution is 6.33. The van der Waals surface area contributed by atoms with E-state index in [0.29, 0.717) is 30.3 Å². The van der Waals surface area contributed by atoms with Crippen molar-refractivity contribution in [3.05, 3.63) is 28.5 Å². The van der Waals surface area contributed by atoms with Gasteiger partial charge in [0.15, 0.2) is 0 Å². The minimum absolute atomic E-state index is 0.0797. The SMILES string of the molecule is Cc1cc(Cl)c(C(=O)N2CCOC(C)(C)C2)cn1. The zero-order valence-electron chi connectivity index (χ0n) is 10.9. The Morgan fingerprint density at radius 3 is 2.89 bits per heavy atom. The van der Waals surface area contributed by atoms with Gasteiger partial charge in [-0.15, -0.1) is 0 Å². The van der Waals surface area contributed by atoms with Gasteiger partial charge in [-0.05, 0) is 26.8 Å². The first-order valence-corrected chi connectivity index (χ1v) is 6.32. The van der Waals surface area contributed by atoms with Crippen LogP contribution in [0, 0.1) is 6.92 Å². The predicted molar refractivity (Wildman–Crippen MR) is 69.9 cm³/mol. The van der Waals surface area contributed by atoms with Gasteiger partial charge in [-0.3, -0.25) is 9.78 Å². The molecule has 0 saturated carbocycles. The van der Waals surface area contributed by atoms with Crippen molar-refractivity contribution in [1.82, 2.24) is 9.88 Å². The van der Waals surface area contributed by atoms with Crippen LogP contribution >= 0.6 is 11.6 Å². The molecule has 0 bridgehead atoms. The molecular weight excluding hydrogens is 252 g/mol. The summed E-state index contributed by atoms with van der Waals surface area (Å²) in [5.74, 6) is -0.0797. The highest BCUT2D eigenvalue weighted by Crippen LogP contribution is 2.22. The number of rotatable bonds is 1. The van der Waals surface area contributed by atoms with Gasteiger partial charge in [-0.25, -0.2) is 0 Å². The topological polar surface area (TPSA) is 42.4 Å². The van der Waals surface area contributed by atoms with Crippen LogP contribution in [0.25, 0.3) is 0 Å². The van der Waals surface area contributed by atoms with E-state index in [4.69, 9.17) is 16.3 Å². The Morgan fingerprint density at radius 1 is 1.56 bits per heavy atom. The highest BCUT2D eigenvalue weighted by atomic mass is 35.5. The lowest BCUT2D eigenvalue weighted by atomic mass is 10.1. The number of nitrogens with zero attached hydrogens (tertiary/aromatic N) is 2. The van der Waals surface area contributed by atoms with Crippen molar-refractivity contribution in [3.8, 4) is 0 Å². The molecule has 2 heterocycles. The van der Waals surface area contributed by atoms with Crippen LogP contribution in [0.4, 0.5) is 0 Å². The van der Waals surface area contributed by atoms with Gasteiger partial charge < -0.3 is 9.64 Å². The molecule has 1 aliphatic rings. The van der Waals surface area contributed by atoms with Gasteiger partial charge in [0.1, 0.15) is 0 Å². The predicted octanol–water partition coefficient (Wildman–Crippen LogP) is 2.29. The molecule has 98 valence electrons. The molecule has 1 aromatic heterocycles. The van der Waals surface area contributed by atoms with E-state index in [9.17, 15) is 4.79 Å². The molecule has 0 aliphatic carbocycles. The van der Waals surface area contributed by atoms with E-state index in [1.165, 1.54) is 0 Å². The Bertz CT molecular complexity index is 474. The van der Waals surface area contributed by atoms with E-state index in [-0.39, 0.29) is 11.5 Å². The molecule has 5 heteroatoms. The summed E-state index contributed by atoms with van der Waals surface area (Å²) in [6, 6.07) is 1.71. The molecule has 4 nitrogen and oxygen atoms in total. The maximum atomic E-state index is 12.4. The summed E-state index contributed by atoms with van der Waals surface area (Å²) in [7, 11) is 0. The van der Waals surface area contributed by atoms with Crippen LogP contribution in [0.5, 0.6) is 0 Å². The molecule has 0 unspecified atom stereocenters. The number of halogens is 1. The molecule has 18 heavy (non-hydrogen) atoms. The normalized spacial score (nSPS) is 18.8. The van der Waals surface area contributed by atoms with Gasteiger partial charge in [0, 0.05) is 25.0 Å². The Kier molecular flexibility index (Phi) is 3.59. The minimum Gasteiger partial charge on any atom is -0.372 e. The van der Waals surface area contributed by atoms with Gasteiger partial charge in [0.05, 0.1) is 22.8 Å². The molecule has 0 N–H and O–H groups in total. The van der Waals surface area contributed by atoms with Gasteiger partial charge >= 0.3 is 0 Å². The number of ether oxygens (including phenoxy) is 1. The number of aryl methyl sites for hydroxylation is 1. The summed E-state index contributed by atoms with van der Waals surface area (Å²) < 4.78 is 5.59. The van der Waals surface area contributed by atoms with Crippen LogP contribution < -0.4 is 0 Å². The molecule has 1 amide bonds. The van der Waals surface area contributed by atoms with E-state index >= 15 is 0 Å². The third-order valence-electron chi connectivity index (χ3n) is 2.93. The lowest BCUT2D eigenvalue weighted by Crippen LogP contribution is -2.50. The summed E-state index contributed by atoms with van der Waals surface area (Å²) in [6.45, 7) is 7.50. The fourth-order valence-corrected chi connectivity index (χ4v) is 2.33. The fraction of sp³-hybridized carbons (Fsp3) is 0.538. The molecule has 2 rings (SSSR count). The number of pyridine rings is 1. The average molecular weight is 269 g/mol. The van der Waals surface area contributed by atoms with Gasteiger partial charge in [0.2, 0.25) is 0 Å². The third kappa shape index (κ3) is 2.82. The van der Waals surface area contributed by atoms with Crippen LogP contribution in [0.1, 0.15) is 29.9 Å². The molecule has 1 saturated heterocycles. The van der Waals surface area contributed by atoms with Crippen LogP contribution in [-0.4, -0.2) is 41.1 Å². The number of hydrogen-bond donors (Lipinski definition) is 0. The standard InChI is InChI=1S/C13H17ClN2O2/c1-9-6-11(14)10(7-15-9)12(17)16-4-5-18-13(2,3)8-16/h6-7H,4-5,8H2,1-3H3. The highest BCUT2D eigenvalue weighted by Gasteiger charge is 2.31. The summed E-state index contributed by atoms with van der Waals surface area (Å²) in [4.78, 5) is 18.3. The van der Waals surface area contributed by atoms with Gasteiger partial charge in [-0.1, -0.05) is 11.6 Å². The van der Waals surface area contributed by atoms with E-state index in [0.717, 1.165) is 5.69 Å². The second-order valence-corrected chi connectivity index (χ2v) is 5.55. The first kappa shape index (κ1) is 13.3. The van der Waals surface area contributed by atoms with Crippen molar-refractivity contribution in [1.29, 1.82) is 0 Å². The van der Waals surface area contributed by atoms with Crippen molar-refractivity contribution >= 4 is 17.5 Å². The fourth-order valence-electron chi connectivity index (χ4n) is 2.04. The molecule has 1 fully saturated rings. The maximum Gasteiger partial charge on any atom is 0.257 e. The summed E-state index contributed by atoms with van der Waals surface area (Å²) in [5, 5.41) is 0.455. The van der Waals surface area contributed by atoms with Crippen LogP contribution in [0.2, 0.25) is 5.02 Å². The van der Waals surface area contributed by atoms with Crippen molar-refractivity contribution in [2.75, 3.05) is 19.7 Å². The lowest BCUT2D eigenvalue weighted by Gasteiger charge is -2.38. The number of carbonyl (C=O) groups is 1. The number of morpholine rings is 1. The summed E-state index contributed by atoms with van der Waals surface area (Å²) in [5.41, 5.74) is 0.956. The van der Waals surface area contributed by atoms with E-state index in [1.807, 2.05) is 20.8 Å². The molecule has 0 spiro atoms. The van der Waals surface area contributed by atoms with Crippen molar-refractivity contribution in [3.63, 3.8) is 0 Å². The molecular formula is C13H17ClN2O2. The van der Waals surface area contributed by atoms with E-state index in [2.05, 4.69) is 4.98 Å². The van der Waals surface area contributed by atoms with Crippen molar-refractivity contribution < 1.29 is 9.53 Å². The maximum absolute atomic E-state index is 12.4. The van der Waals surface area contributed by atoms with Gasteiger partial charge in [0.25, 0.3) is 5.91 Å². The number of amides is 1. The van der Waals surface area contributed by atoms with Crippen molar-refractivity contribution in [2.45, 2.75) is 26.4 Å². The number of aromatic nitrogens is 1. The van der Waals surface area contributed by atoms with Crippen LogP contribution in [0.3, 0.4) is 0 Å². The Labute approximate surface area is 112 Å². The molecule has 1 aromatic rings. The molecule has 1 aliphatic heterocycles. The zero-order valence-corrected chi connectivity index (χ0v) is 11.6. The second kappa shape index (κ2) is 4.86. The number of carbonyl (C=O) groups excluding carboxylic acids is 1. The minimum atomic E-state index is -0.307.